The lowest BCUT2D eigenvalue weighted by Gasteiger charge is -2.29. The number of benzene rings is 1. The van der Waals surface area contributed by atoms with Crippen LogP contribution in [0, 0.1) is 0 Å². The molecule has 1 N–H and O–H groups in total. The lowest BCUT2D eigenvalue weighted by Crippen LogP contribution is -2.27. The number of hydrogen-bond donors (Lipinski definition) is 1. The minimum atomic E-state index is -1.32. The summed E-state index contributed by atoms with van der Waals surface area (Å²) in [6.45, 7) is 2.05. The van der Waals surface area contributed by atoms with E-state index in [4.69, 9.17) is 17.7 Å². The maximum atomic E-state index is 8.75. The van der Waals surface area contributed by atoms with Gasteiger partial charge in [-0.05, 0) is 55.6 Å². The van der Waals surface area contributed by atoms with Crippen LogP contribution in [0.2, 0.25) is 5.02 Å². The van der Waals surface area contributed by atoms with Gasteiger partial charge in [-0.15, -0.1) is 0 Å². The van der Waals surface area contributed by atoms with Gasteiger partial charge in [0, 0.05) is 11.8 Å². The van der Waals surface area contributed by atoms with Crippen molar-refractivity contribution in [2.45, 2.75) is 24.8 Å². The van der Waals surface area contributed by atoms with Crippen molar-refractivity contribution < 1.29 is 6.11 Å². The van der Waals surface area contributed by atoms with Crippen LogP contribution in [0.4, 0.5) is 0 Å². The molecule has 0 radical (unpaired) electrons. The molecule has 0 saturated carbocycles. The van der Waals surface area contributed by atoms with Crippen molar-refractivity contribution in [3.8, 4) is 5.75 Å². The summed E-state index contributed by atoms with van der Waals surface area (Å²) in [5, 5.41) is 3.95. The number of piperidine rings is 1. The van der Waals surface area contributed by atoms with Gasteiger partial charge in [-0.3, -0.25) is 4.98 Å². The lowest BCUT2D eigenvalue weighted by molar-refractivity contribution is 0.241. The normalized spacial score (nSPS) is 24.7. The number of nitrogens with one attached hydrogen (secondary N) is 1. The van der Waals surface area contributed by atoms with E-state index >= 15 is 0 Å². The molecule has 4 heteroatoms. The first-order chi connectivity index (χ1) is 11.7. The van der Waals surface area contributed by atoms with Crippen molar-refractivity contribution in [1.29, 1.82) is 0 Å². The van der Waals surface area contributed by atoms with Gasteiger partial charge < -0.3 is 10.1 Å². The molecule has 1 fully saturated rings. The molecule has 1 aromatic heterocycles. The van der Waals surface area contributed by atoms with E-state index in [2.05, 4.69) is 22.4 Å². The monoisotopic (exact) mass is 327 g/mol. The molecule has 3 nitrogen and oxygen atoms in total. The van der Waals surface area contributed by atoms with E-state index in [1.807, 2.05) is 12.1 Å². The molecule has 2 aliphatic rings. The van der Waals surface area contributed by atoms with Crippen molar-refractivity contribution in [2.24, 2.45) is 0 Å². The van der Waals surface area contributed by atoms with Crippen LogP contribution in [-0.4, -0.2) is 18.1 Å². The first-order valence-electron chi connectivity index (χ1n) is 8.50. The molecule has 1 aromatic carbocycles. The highest BCUT2D eigenvalue weighted by Crippen LogP contribution is 2.40. The van der Waals surface area contributed by atoms with Gasteiger partial charge in [0.15, 0.2) is 6.08 Å². The average molecular weight is 328 g/mol. The minimum Gasteiger partial charge on any atom is -0.479 e. The second-order valence-electron chi connectivity index (χ2n) is 5.95. The minimum absolute atomic E-state index is 0.468. The topological polar surface area (TPSA) is 34.2 Å². The molecule has 23 heavy (non-hydrogen) atoms. The summed E-state index contributed by atoms with van der Waals surface area (Å²) in [5.41, 5.74) is 2.76. The Balaban J connectivity index is 1.72. The Morgan fingerprint density at radius 1 is 1.22 bits per heavy atom. The number of para-hydroxylation sites is 1. The molecular weight excluding hydrogens is 308 g/mol. The summed E-state index contributed by atoms with van der Waals surface area (Å²) in [7, 11) is 0. The summed E-state index contributed by atoms with van der Waals surface area (Å²) >= 11 is 5.92. The molecule has 1 saturated heterocycles. The third kappa shape index (κ3) is 2.99. The van der Waals surface area contributed by atoms with E-state index in [-0.39, 0.29) is 0 Å². The first kappa shape index (κ1) is 13.6. The summed E-state index contributed by atoms with van der Waals surface area (Å²) < 4.78 is 14.9. The van der Waals surface area contributed by atoms with Crippen LogP contribution in [0.25, 0.3) is 6.08 Å². The molecule has 0 aliphatic carbocycles. The fraction of sp³-hybridized carbons (Fsp3) is 0.316. The van der Waals surface area contributed by atoms with Gasteiger partial charge in [0.25, 0.3) is 0 Å². The molecule has 0 bridgehead atoms. The average Bonchev–Trinajstić information content (AvgIpc) is 2.62. The van der Waals surface area contributed by atoms with Crippen LogP contribution in [0.1, 0.15) is 43.0 Å². The number of ether oxygens (including phenoxy) is 1. The molecule has 1 atom stereocenters. The summed E-state index contributed by atoms with van der Waals surface area (Å²) in [5.74, 6) is 1.29. The highest BCUT2D eigenvalue weighted by Gasteiger charge is 2.25. The van der Waals surface area contributed by atoms with Crippen molar-refractivity contribution in [3.05, 3.63) is 64.4 Å². The number of nitrogens with zero attached hydrogens (tertiary/aromatic N) is 1. The number of hydrogen-bond acceptors (Lipinski definition) is 3. The zero-order valence-corrected chi connectivity index (χ0v) is 13.5. The van der Waals surface area contributed by atoms with Gasteiger partial charge in [0.2, 0.25) is 0 Å². The molecule has 3 heterocycles. The third-order valence-corrected chi connectivity index (χ3v) is 4.68. The molecular formula is C19H19ClN2O. The molecule has 0 spiro atoms. The second-order valence-corrected chi connectivity index (χ2v) is 6.39. The highest BCUT2D eigenvalue weighted by atomic mass is 35.5. The molecule has 4 rings (SSSR count). The molecule has 118 valence electrons. The first-order valence-corrected chi connectivity index (χ1v) is 8.37. The number of halogens is 1. The predicted octanol–water partition coefficient (Wildman–Crippen LogP) is 4.35. The standard InChI is InChI=1S/C19H19ClN2O/c20-15-5-6-17(22-12-15)18-7-4-14-2-1-3-16(19(14)23-18)13-8-10-21-11-9-13/h1-7,12-13,18,21H,8-11H2/i18D. The smallest absolute Gasteiger partial charge is 0.159 e. The quantitative estimate of drug-likeness (QED) is 0.890. The van der Waals surface area contributed by atoms with Crippen molar-refractivity contribution in [1.82, 2.24) is 10.3 Å². The van der Waals surface area contributed by atoms with E-state index in [0.29, 0.717) is 16.6 Å². The number of pyridine rings is 1. The van der Waals surface area contributed by atoms with Crippen molar-refractivity contribution in [3.63, 3.8) is 0 Å². The van der Waals surface area contributed by atoms with E-state index in [9.17, 15) is 0 Å². The number of fused-ring (bicyclic) bond motifs is 1. The Hall–Kier alpha value is -1.84. The highest BCUT2D eigenvalue weighted by molar-refractivity contribution is 6.30. The largest absolute Gasteiger partial charge is 0.479 e. The van der Waals surface area contributed by atoms with Crippen LogP contribution in [0.5, 0.6) is 5.75 Å². The van der Waals surface area contributed by atoms with E-state index in [0.717, 1.165) is 37.2 Å². The second kappa shape index (κ2) is 6.34. The Morgan fingerprint density at radius 2 is 2.09 bits per heavy atom. The van der Waals surface area contributed by atoms with Gasteiger partial charge in [-0.1, -0.05) is 35.9 Å². The number of aromatic nitrogens is 1. The van der Waals surface area contributed by atoms with Gasteiger partial charge in [-0.2, -0.15) is 0 Å². The van der Waals surface area contributed by atoms with Crippen molar-refractivity contribution >= 4 is 17.7 Å². The Kier molecular flexibility index (Phi) is 3.75. The van der Waals surface area contributed by atoms with Crippen molar-refractivity contribution in [2.75, 3.05) is 13.1 Å². The van der Waals surface area contributed by atoms with E-state index in [1.165, 1.54) is 5.56 Å². The molecule has 2 aliphatic heterocycles. The van der Waals surface area contributed by atoms with E-state index in [1.54, 1.807) is 24.4 Å². The molecule has 2 aromatic rings. The summed E-state index contributed by atoms with van der Waals surface area (Å²) in [6.07, 6.45) is 6.13. The molecule has 1 unspecified atom stereocenters. The lowest BCUT2D eigenvalue weighted by atomic mass is 9.87. The fourth-order valence-corrected chi connectivity index (χ4v) is 3.36. The van der Waals surface area contributed by atoms with Gasteiger partial charge in [0.05, 0.1) is 12.1 Å². The fourth-order valence-electron chi connectivity index (χ4n) is 3.25. The molecule has 0 amide bonds. The number of rotatable bonds is 2. The van der Waals surface area contributed by atoms with Crippen LogP contribution in [0.15, 0.2) is 42.6 Å². The summed E-state index contributed by atoms with van der Waals surface area (Å²) in [6, 6.07) is 9.72. The van der Waals surface area contributed by atoms with Crippen LogP contribution < -0.4 is 10.1 Å². The third-order valence-electron chi connectivity index (χ3n) is 4.46. The maximum Gasteiger partial charge on any atom is 0.159 e. The zero-order chi connectivity index (χ0) is 16.6. The Morgan fingerprint density at radius 3 is 2.87 bits per heavy atom. The van der Waals surface area contributed by atoms with E-state index < -0.39 is 6.08 Å². The van der Waals surface area contributed by atoms with Crippen LogP contribution in [-0.2, 0) is 0 Å². The Bertz CT molecular complexity index is 771. The van der Waals surface area contributed by atoms with Crippen LogP contribution in [0.3, 0.4) is 0 Å². The SMILES string of the molecule is [2H]C1(c2ccc(Cl)cn2)C=Cc2cccc(C3CCNCC3)c2O1. The zero-order valence-electron chi connectivity index (χ0n) is 13.8. The summed E-state index contributed by atoms with van der Waals surface area (Å²) in [4.78, 5) is 4.28. The Labute approximate surface area is 142 Å². The van der Waals surface area contributed by atoms with Gasteiger partial charge in [0.1, 0.15) is 5.75 Å². The van der Waals surface area contributed by atoms with Gasteiger partial charge >= 0.3 is 0 Å². The maximum absolute atomic E-state index is 8.75. The predicted molar refractivity (Wildman–Crippen MR) is 92.9 cm³/mol. The van der Waals surface area contributed by atoms with Crippen LogP contribution >= 0.6 is 11.6 Å². The van der Waals surface area contributed by atoms with Gasteiger partial charge in [-0.25, -0.2) is 0 Å².